The fraction of sp³-hybridized carbons (Fsp3) is 0.560. The van der Waals surface area contributed by atoms with Crippen molar-refractivity contribution in [3.05, 3.63) is 39.9 Å². The van der Waals surface area contributed by atoms with E-state index in [2.05, 4.69) is 22.4 Å². The Kier molecular flexibility index (Phi) is 3.91. The first-order chi connectivity index (χ1) is 15.9. The molecule has 8 rings (SSSR count). The molecule has 4 saturated carbocycles. The number of fused-ring (bicyclic) bond motifs is 2. The summed E-state index contributed by atoms with van der Waals surface area (Å²) in [5.74, 6) is 2.61. The maximum absolute atomic E-state index is 13.5. The number of anilines is 2. The zero-order valence-electron chi connectivity index (χ0n) is 19.0. The molecule has 1 aliphatic heterocycles. The summed E-state index contributed by atoms with van der Waals surface area (Å²) < 4.78 is 9.31. The van der Waals surface area contributed by atoms with Crippen LogP contribution >= 0.6 is 0 Å². The maximum Gasteiger partial charge on any atom is 0.330 e. The molecule has 2 N–H and O–H groups in total. The number of aryl methyl sites for hydroxylation is 2. The predicted molar refractivity (Wildman–Crippen MR) is 124 cm³/mol. The Bertz CT molecular complexity index is 1340. The summed E-state index contributed by atoms with van der Waals surface area (Å²) >= 11 is 0. The third-order valence-corrected chi connectivity index (χ3v) is 8.75. The second-order valence-corrected chi connectivity index (χ2v) is 10.8. The Morgan fingerprint density at radius 2 is 2.00 bits per heavy atom. The molecule has 5 aliphatic rings. The van der Waals surface area contributed by atoms with Crippen LogP contribution < -0.4 is 15.7 Å². The molecule has 3 heterocycles. The van der Waals surface area contributed by atoms with Gasteiger partial charge in [-0.3, -0.25) is 9.13 Å². The lowest BCUT2D eigenvalue weighted by atomic mass is 9.51. The molecular weight excluding hydrogens is 418 g/mol. The largest absolute Gasteiger partial charge is 0.493 e. The first kappa shape index (κ1) is 19.6. The standard InChI is InChI=1S/C25H29N5O3/c1-13-5-20-15(3-4-33-20)8-18(13)27-23-26-12-19-22(28-23)30(24(32)29(19)2)25-9-14-6-16(10-25)21(31)17(7-14)11-25/h5,8,12,14,16-17,21,31H,3-4,6-7,9-11H2,1-2H3,(H,26,27,28). The molecule has 2 atom stereocenters. The predicted octanol–water partition coefficient (Wildman–Crippen LogP) is 3.01. The van der Waals surface area contributed by atoms with Crippen LogP contribution in [0.25, 0.3) is 11.2 Å². The molecule has 8 heteroatoms. The number of nitrogens with one attached hydrogen (secondary N) is 1. The molecule has 2 unspecified atom stereocenters. The molecule has 4 aliphatic carbocycles. The van der Waals surface area contributed by atoms with Gasteiger partial charge in [-0.15, -0.1) is 0 Å². The summed E-state index contributed by atoms with van der Waals surface area (Å²) in [6.45, 7) is 2.76. The van der Waals surface area contributed by atoms with Crippen molar-refractivity contribution in [3.63, 3.8) is 0 Å². The van der Waals surface area contributed by atoms with Crippen LogP contribution in [0, 0.1) is 24.7 Å². The van der Waals surface area contributed by atoms with Crippen LogP contribution in [0.3, 0.4) is 0 Å². The summed E-state index contributed by atoms with van der Waals surface area (Å²) in [7, 11) is 1.80. The van der Waals surface area contributed by atoms with Crippen LogP contribution in [-0.2, 0) is 19.0 Å². The summed E-state index contributed by atoms with van der Waals surface area (Å²) in [5.41, 5.74) is 4.38. The number of rotatable bonds is 3. The van der Waals surface area contributed by atoms with Gasteiger partial charge in [-0.2, -0.15) is 4.98 Å². The summed E-state index contributed by atoms with van der Waals surface area (Å²) in [6.07, 6.45) is 7.32. The quantitative estimate of drug-likeness (QED) is 0.641. The average Bonchev–Trinajstić information content (AvgIpc) is 3.33. The monoisotopic (exact) mass is 447 g/mol. The van der Waals surface area contributed by atoms with E-state index in [1.165, 1.54) is 5.56 Å². The number of hydrogen-bond acceptors (Lipinski definition) is 6. The Hall–Kier alpha value is -2.87. The van der Waals surface area contributed by atoms with Crippen LogP contribution in [-0.4, -0.2) is 36.9 Å². The van der Waals surface area contributed by atoms with E-state index in [4.69, 9.17) is 9.72 Å². The van der Waals surface area contributed by atoms with Crippen LogP contribution in [0.2, 0.25) is 0 Å². The summed E-state index contributed by atoms with van der Waals surface area (Å²) in [5, 5.41) is 14.1. The Balaban J connectivity index is 1.33. The number of benzene rings is 1. The maximum atomic E-state index is 13.5. The normalized spacial score (nSPS) is 31.7. The highest BCUT2D eigenvalue weighted by Crippen LogP contribution is 2.59. The summed E-state index contributed by atoms with van der Waals surface area (Å²) in [6, 6.07) is 4.17. The van der Waals surface area contributed by atoms with Crippen molar-refractivity contribution >= 4 is 22.8 Å². The van der Waals surface area contributed by atoms with E-state index >= 15 is 0 Å². The van der Waals surface area contributed by atoms with E-state index in [9.17, 15) is 9.90 Å². The first-order valence-corrected chi connectivity index (χ1v) is 12.1. The van der Waals surface area contributed by atoms with Crippen molar-refractivity contribution in [1.29, 1.82) is 0 Å². The van der Waals surface area contributed by atoms with Crippen molar-refractivity contribution in [2.75, 3.05) is 11.9 Å². The van der Waals surface area contributed by atoms with Gasteiger partial charge in [-0.25, -0.2) is 9.78 Å². The second-order valence-electron chi connectivity index (χ2n) is 10.8. The fourth-order valence-corrected chi connectivity index (χ4v) is 7.41. The Labute approximate surface area is 191 Å². The van der Waals surface area contributed by atoms with Gasteiger partial charge < -0.3 is 15.2 Å². The Morgan fingerprint density at radius 1 is 1.21 bits per heavy atom. The molecule has 8 nitrogen and oxygen atoms in total. The molecule has 0 radical (unpaired) electrons. The average molecular weight is 448 g/mol. The molecule has 2 aromatic heterocycles. The second kappa shape index (κ2) is 6.59. The number of ether oxygens (including phenoxy) is 1. The molecule has 3 aromatic rings. The summed E-state index contributed by atoms with van der Waals surface area (Å²) in [4.78, 5) is 22.9. The van der Waals surface area contributed by atoms with E-state index < -0.39 is 0 Å². The van der Waals surface area contributed by atoms with Gasteiger partial charge in [-0.05, 0) is 80.0 Å². The van der Waals surface area contributed by atoms with Crippen LogP contribution in [0.15, 0.2) is 23.1 Å². The van der Waals surface area contributed by atoms with Crippen LogP contribution in [0.5, 0.6) is 5.75 Å². The first-order valence-electron chi connectivity index (χ1n) is 12.1. The van der Waals surface area contributed by atoms with Gasteiger partial charge in [0.15, 0.2) is 5.65 Å². The minimum absolute atomic E-state index is 0.0289. The highest BCUT2D eigenvalue weighted by Gasteiger charge is 2.57. The van der Waals surface area contributed by atoms with Gasteiger partial charge in [0.1, 0.15) is 11.3 Å². The van der Waals surface area contributed by atoms with E-state index in [0.29, 0.717) is 17.5 Å². The minimum atomic E-state index is -0.251. The number of aliphatic hydroxyl groups is 1. The molecule has 4 bridgehead atoms. The van der Waals surface area contributed by atoms with Crippen molar-refractivity contribution in [1.82, 2.24) is 19.1 Å². The van der Waals surface area contributed by atoms with Gasteiger partial charge in [0.2, 0.25) is 5.95 Å². The lowest BCUT2D eigenvalue weighted by molar-refractivity contribution is -0.127. The fourth-order valence-electron chi connectivity index (χ4n) is 7.41. The van der Waals surface area contributed by atoms with E-state index in [0.717, 1.165) is 67.6 Å². The highest BCUT2D eigenvalue weighted by molar-refractivity contribution is 5.74. The molecule has 4 fully saturated rings. The number of aliphatic hydroxyl groups excluding tert-OH is 1. The zero-order valence-corrected chi connectivity index (χ0v) is 19.0. The number of imidazole rings is 1. The van der Waals surface area contributed by atoms with E-state index in [1.54, 1.807) is 17.8 Å². The van der Waals surface area contributed by atoms with Crippen LogP contribution in [0.4, 0.5) is 11.6 Å². The van der Waals surface area contributed by atoms with Crippen molar-refractivity contribution in [2.24, 2.45) is 24.8 Å². The number of hydrogen-bond donors (Lipinski definition) is 2. The van der Waals surface area contributed by atoms with Gasteiger partial charge in [0, 0.05) is 19.2 Å². The van der Waals surface area contributed by atoms with E-state index in [-0.39, 0.29) is 29.2 Å². The lowest BCUT2D eigenvalue weighted by Crippen LogP contribution is -2.59. The van der Waals surface area contributed by atoms with E-state index in [1.807, 2.05) is 11.5 Å². The lowest BCUT2D eigenvalue weighted by Gasteiger charge is -2.58. The SMILES string of the molecule is Cc1cc2c(cc1Nc1ncc3c(n1)n(C14CC5CC(C1)C(O)C(C5)C4)c(=O)n3C)CCO2. The van der Waals surface area contributed by atoms with Gasteiger partial charge in [0.05, 0.1) is 24.4 Å². The molecule has 0 spiro atoms. The molecule has 0 saturated heterocycles. The van der Waals surface area contributed by atoms with Gasteiger partial charge in [-0.1, -0.05) is 0 Å². The van der Waals surface area contributed by atoms with Gasteiger partial charge >= 0.3 is 5.69 Å². The molecular formula is C25H29N5O3. The number of aromatic nitrogens is 4. The zero-order chi connectivity index (χ0) is 22.5. The molecule has 1 aromatic carbocycles. The highest BCUT2D eigenvalue weighted by atomic mass is 16.5. The molecule has 172 valence electrons. The topological polar surface area (TPSA) is 94.2 Å². The van der Waals surface area contributed by atoms with Crippen molar-refractivity contribution in [2.45, 2.75) is 57.1 Å². The van der Waals surface area contributed by atoms with Crippen molar-refractivity contribution < 1.29 is 9.84 Å². The smallest absolute Gasteiger partial charge is 0.330 e. The van der Waals surface area contributed by atoms with Gasteiger partial charge in [0.25, 0.3) is 0 Å². The third kappa shape index (κ3) is 2.70. The molecule has 33 heavy (non-hydrogen) atoms. The molecule has 0 amide bonds. The Morgan fingerprint density at radius 3 is 2.79 bits per heavy atom. The third-order valence-electron chi connectivity index (χ3n) is 8.75. The number of nitrogens with zero attached hydrogens (tertiary/aromatic N) is 4. The van der Waals surface area contributed by atoms with Crippen LogP contribution in [0.1, 0.15) is 43.2 Å². The van der Waals surface area contributed by atoms with Crippen molar-refractivity contribution in [3.8, 4) is 5.75 Å². The minimum Gasteiger partial charge on any atom is -0.493 e.